The molecule has 1 aliphatic carbocycles. The first-order chi connectivity index (χ1) is 11.2. The van der Waals surface area contributed by atoms with E-state index in [9.17, 15) is 5.11 Å². The fourth-order valence-corrected chi connectivity index (χ4v) is 3.42. The van der Waals surface area contributed by atoms with E-state index < -0.39 is 6.10 Å². The van der Waals surface area contributed by atoms with Crippen LogP contribution >= 0.6 is 0 Å². The van der Waals surface area contributed by atoms with Crippen LogP contribution in [0.1, 0.15) is 32.6 Å². The van der Waals surface area contributed by atoms with Crippen molar-refractivity contribution in [1.29, 1.82) is 0 Å². The Morgan fingerprint density at radius 3 is 2.74 bits per heavy atom. The highest BCUT2D eigenvalue weighted by Crippen LogP contribution is 2.24. The Kier molecular flexibility index (Phi) is 5.52. The molecule has 23 heavy (non-hydrogen) atoms. The standard InChI is InChI=1S/C20H27NO2/c1-15-6-2-5-9-20(15)21-13-18(22)14-23-19-11-10-16-7-3-4-8-17(16)12-19/h3-4,7-8,10-12,15,18,20-22H,2,5-6,9,13-14H2,1H3. The molecule has 3 unspecified atom stereocenters. The average Bonchev–Trinajstić information content (AvgIpc) is 2.59. The predicted octanol–water partition coefficient (Wildman–Crippen LogP) is 3.75. The molecule has 0 spiro atoms. The molecule has 1 aliphatic rings. The first kappa shape index (κ1) is 16.3. The minimum atomic E-state index is -0.476. The number of benzene rings is 2. The third-order valence-electron chi connectivity index (χ3n) is 4.89. The predicted molar refractivity (Wildman–Crippen MR) is 94.9 cm³/mol. The number of aliphatic hydroxyl groups excluding tert-OH is 1. The van der Waals surface area contributed by atoms with Crippen molar-refractivity contribution in [2.24, 2.45) is 5.92 Å². The first-order valence-corrected chi connectivity index (χ1v) is 8.75. The molecule has 0 heterocycles. The van der Waals surface area contributed by atoms with Crippen LogP contribution in [0, 0.1) is 5.92 Å². The van der Waals surface area contributed by atoms with E-state index in [0.29, 0.717) is 25.1 Å². The smallest absolute Gasteiger partial charge is 0.120 e. The summed E-state index contributed by atoms with van der Waals surface area (Å²) in [6.07, 6.45) is 4.68. The maximum atomic E-state index is 10.2. The Morgan fingerprint density at radius 2 is 1.91 bits per heavy atom. The van der Waals surface area contributed by atoms with Crippen LogP contribution in [0.4, 0.5) is 0 Å². The molecule has 3 heteroatoms. The lowest BCUT2D eigenvalue weighted by atomic mass is 9.86. The summed E-state index contributed by atoms with van der Waals surface area (Å²) in [5.74, 6) is 1.52. The third kappa shape index (κ3) is 4.46. The van der Waals surface area contributed by atoms with Crippen LogP contribution in [0.2, 0.25) is 0 Å². The molecule has 0 aliphatic heterocycles. The number of aliphatic hydroxyl groups is 1. The van der Waals surface area contributed by atoms with Gasteiger partial charge in [-0.15, -0.1) is 0 Å². The van der Waals surface area contributed by atoms with Crippen molar-refractivity contribution >= 4 is 10.8 Å². The van der Waals surface area contributed by atoms with Crippen LogP contribution in [-0.4, -0.2) is 30.4 Å². The van der Waals surface area contributed by atoms with Crippen LogP contribution in [-0.2, 0) is 0 Å². The molecule has 2 N–H and O–H groups in total. The van der Waals surface area contributed by atoms with Gasteiger partial charge in [-0.1, -0.05) is 50.1 Å². The van der Waals surface area contributed by atoms with Gasteiger partial charge in [-0.05, 0) is 41.7 Å². The molecule has 0 radical (unpaired) electrons. The van der Waals surface area contributed by atoms with Crippen molar-refractivity contribution < 1.29 is 9.84 Å². The summed E-state index contributed by atoms with van der Waals surface area (Å²) in [5.41, 5.74) is 0. The summed E-state index contributed by atoms with van der Waals surface area (Å²) >= 11 is 0. The summed E-state index contributed by atoms with van der Waals surface area (Å²) in [4.78, 5) is 0. The van der Waals surface area contributed by atoms with Gasteiger partial charge in [0.05, 0.1) is 0 Å². The fraction of sp³-hybridized carbons (Fsp3) is 0.500. The van der Waals surface area contributed by atoms with Crippen molar-refractivity contribution in [2.75, 3.05) is 13.2 Å². The molecule has 0 amide bonds. The van der Waals surface area contributed by atoms with Crippen LogP contribution in [0.25, 0.3) is 10.8 Å². The zero-order valence-corrected chi connectivity index (χ0v) is 13.9. The van der Waals surface area contributed by atoms with E-state index in [0.717, 1.165) is 11.1 Å². The molecule has 3 nitrogen and oxygen atoms in total. The summed E-state index contributed by atoms with van der Waals surface area (Å²) in [6, 6.07) is 14.8. The number of hydrogen-bond acceptors (Lipinski definition) is 3. The third-order valence-corrected chi connectivity index (χ3v) is 4.89. The van der Waals surface area contributed by atoms with Gasteiger partial charge in [-0.3, -0.25) is 0 Å². The average molecular weight is 313 g/mol. The van der Waals surface area contributed by atoms with Crippen LogP contribution < -0.4 is 10.1 Å². The molecular formula is C20H27NO2. The van der Waals surface area contributed by atoms with E-state index in [1.54, 1.807) is 0 Å². The molecule has 124 valence electrons. The molecule has 1 fully saturated rings. The molecule has 0 aromatic heterocycles. The molecule has 0 saturated heterocycles. The molecule has 0 bridgehead atoms. The van der Waals surface area contributed by atoms with Crippen LogP contribution in [0.3, 0.4) is 0 Å². The zero-order chi connectivity index (χ0) is 16.1. The van der Waals surface area contributed by atoms with E-state index in [4.69, 9.17) is 4.74 Å². The van der Waals surface area contributed by atoms with Gasteiger partial charge in [-0.25, -0.2) is 0 Å². The van der Waals surface area contributed by atoms with Crippen molar-refractivity contribution in [2.45, 2.75) is 44.8 Å². The monoisotopic (exact) mass is 313 g/mol. The highest BCUT2D eigenvalue weighted by atomic mass is 16.5. The van der Waals surface area contributed by atoms with E-state index in [1.165, 1.54) is 31.1 Å². The molecular weight excluding hydrogens is 286 g/mol. The Morgan fingerprint density at radius 1 is 1.13 bits per heavy atom. The SMILES string of the molecule is CC1CCCCC1NCC(O)COc1ccc2ccccc2c1. The van der Waals surface area contributed by atoms with E-state index >= 15 is 0 Å². The normalized spacial score (nSPS) is 22.9. The molecule has 2 aromatic carbocycles. The van der Waals surface area contributed by atoms with Gasteiger partial charge in [0.15, 0.2) is 0 Å². The second-order valence-electron chi connectivity index (χ2n) is 6.75. The highest BCUT2D eigenvalue weighted by molar-refractivity contribution is 5.83. The van der Waals surface area contributed by atoms with Gasteiger partial charge in [0, 0.05) is 12.6 Å². The van der Waals surface area contributed by atoms with Gasteiger partial charge in [-0.2, -0.15) is 0 Å². The van der Waals surface area contributed by atoms with Gasteiger partial charge >= 0.3 is 0 Å². The van der Waals surface area contributed by atoms with Gasteiger partial charge < -0.3 is 15.2 Å². The first-order valence-electron chi connectivity index (χ1n) is 8.75. The molecule has 1 saturated carbocycles. The summed E-state index contributed by atoms with van der Waals surface area (Å²) in [5, 5.41) is 16.0. The number of nitrogens with one attached hydrogen (secondary N) is 1. The Hall–Kier alpha value is -1.58. The molecule has 3 rings (SSSR count). The summed E-state index contributed by atoms with van der Waals surface area (Å²) in [6.45, 7) is 3.23. The van der Waals surface area contributed by atoms with E-state index in [2.05, 4.69) is 30.4 Å². The zero-order valence-electron chi connectivity index (χ0n) is 13.9. The van der Waals surface area contributed by atoms with Gasteiger partial charge in [0.2, 0.25) is 0 Å². The fourth-order valence-electron chi connectivity index (χ4n) is 3.42. The molecule has 2 aromatic rings. The maximum Gasteiger partial charge on any atom is 0.120 e. The van der Waals surface area contributed by atoms with Gasteiger partial charge in [0.1, 0.15) is 18.5 Å². The largest absolute Gasteiger partial charge is 0.491 e. The van der Waals surface area contributed by atoms with Crippen molar-refractivity contribution in [1.82, 2.24) is 5.32 Å². The second kappa shape index (κ2) is 7.80. The topological polar surface area (TPSA) is 41.5 Å². The quantitative estimate of drug-likeness (QED) is 0.853. The van der Waals surface area contributed by atoms with Crippen LogP contribution in [0.15, 0.2) is 42.5 Å². The van der Waals surface area contributed by atoms with Crippen molar-refractivity contribution in [3.8, 4) is 5.75 Å². The van der Waals surface area contributed by atoms with E-state index in [-0.39, 0.29) is 0 Å². The number of fused-ring (bicyclic) bond motifs is 1. The Balaban J connectivity index is 1.46. The number of hydrogen-bond donors (Lipinski definition) is 2. The van der Waals surface area contributed by atoms with Crippen molar-refractivity contribution in [3.05, 3.63) is 42.5 Å². The second-order valence-corrected chi connectivity index (χ2v) is 6.75. The lowest BCUT2D eigenvalue weighted by molar-refractivity contribution is 0.0985. The number of rotatable bonds is 6. The summed E-state index contributed by atoms with van der Waals surface area (Å²) in [7, 11) is 0. The lowest BCUT2D eigenvalue weighted by Crippen LogP contribution is -2.42. The maximum absolute atomic E-state index is 10.2. The summed E-state index contributed by atoms with van der Waals surface area (Å²) < 4.78 is 5.75. The highest BCUT2D eigenvalue weighted by Gasteiger charge is 2.21. The Bertz CT molecular complexity index is 628. The minimum Gasteiger partial charge on any atom is -0.491 e. The molecule has 3 atom stereocenters. The Labute approximate surface area is 138 Å². The van der Waals surface area contributed by atoms with E-state index in [1.807, 2.05) is 24.3 Å². The van der Waals surface area contributed by atoms with Gasteiger partial charge in [0.25, 0.3) is 0 Å². The number of ether oxygens (including phenoxy) is 1. The van der Waals surface area contributed by atoms with Crippen LogP contribution in [0.5, 0.6) is 5.75 Å². The lowest BCUT2D eigenvalue weighted by Gasteiger charge is -2.30. The van der Waals surface area contributed by atoms with Crippen molar-refractivity contribution in [3.63, 3.8) is 0 Å². The minimum absolute atomic E-state index is 0.326.